The number of benzene rings is 2. The highest BCUT2D eigenvalue weighted by Gasteiger charge is 2.78. The summed E-state index contributed by atoms with van der Waals surface area (Å²) in [5.74, 6) is -5.20. The summed E-state index contributed by atoms with van der Waals surface area (Å²) in [5, 5.41) is 51.6. The molecule has 1 unspecified atom stereocenters. The van der Waals surface area contributed by atoms with Crippen LogP contribution in [0.3, 0.4) is 0 Å². The van der Waals surface area contributed by atoms with E-state index in [0.29, 0.717) is 5.56 Å². The first-order chi connectivity index (χ1) is 28.7. The van der Waals surface area contributed by atoms with Crippen molar-refractivity contribution in [3.05, 3.63) is 82.9 Å². The molecule has 6 rings (SSSR count). The number of ether oxygens (including phenoxy) is 5. The lowest BCUT2D eigenvalue weighted by Crippen LogP contribution is -2.81. The summed E-state index contributed by atoms with van der Waals surface area (Å²) >= 11 is 0. The maximum absolute atomic E-state index is 14.9. The van der Waals surface area contributed by atoms with Crippen molar-refractivity contribution in [1.29, 1.82) is 0 Å². The molecule has 62 heavy (non-hydrogen) atoms. The number of Topliss-reactive ketones (excluding diaryl/α,β-unsaturated/α-hetero) is 2. The zero-order valence-electron chi connectivity index (χ0n) is 36.8. The Balaban J connectivity index is 0.00000174. The molecule has 11 atom stereocenters. The Hall–Kier alpha value is -5.00. The summed E-state index contributed by atoms with van der Waals surface area (Å²) < 4.78 is 29.5. The largest absolute Gasteiger partial charge is 0.456 e. The van der Waals surface area contributed by atoms with Crippen LogP contribution in [-0.2, 0) is 42.9 Å². The topological polar surface area (TPSA) is 242 Å². The van der Waals surface area contributed by atoms with E-state index in [1.54, 1.807) is 83.1 Å². The minimum absolute atomic E-state index is 0.0637. The van der Waals surface area contributed by atoms with Crippen molar-refractivity contribution < 1.29 is 72.9 Å². The maximum Gasteiger partial charge on any atom is 0.408 e. The fraction of sp³-hybridized carbons (Fsp3) is 0.565. The van der Waals surface area contributed by atoms with Gasteiger partial charge in [-0.25, -0.2) is 14.4 Å². The summed E-state index contributed by atoms with van der Waals surface area (Å²) in [7, 11) is 0. The lowest BCUT2D eigenvalue weighted by atomic mass is 9.44. The van der Waals surface area contributed by atoms with Crippen molar-refractivity contribution in [1.82, 2.24) is 5.32 Å². The molecule has 0 spiro atoms. The van der Waals surface area contributed by atoms with Gasteiger partial charge in [-0.3, -0.25) is 9.59 Å². The van der Waals surface area contributed by atoms with E-state index >= 15 is 0 Å². The van der Waals surface area contributed by atoms with E-state index in [9.17, 15) is 49.2 Å². The molecular formula is C46H59NO15. The van der Waals surface area contributed by atoms with E-state index in [-0.39, 0.29) is 35.5 Å². The molecule has 0 radical (unpaired) electrons. The van der Waals surface area contributed by atoms with Gasteiger partial charge in [-0.2, -0.15) is 0 Å². The number of alkyl carbamates (subject to hydrolysis) is 1. The van der Waals surface area contributed by atoms with Crippen molar-refractivity contribution in [3.8, 4) is 0 Å². The molecule has 16 heteroatoms. The molecule has 0 aromatic heterocycles. The fourth-order valence-corrected chi connectivity index (χ4v) is 9.56. The van der Waals surface area contributed by atoms with Crippen LogP contribution in [-0.4, -0.2) is 116 Å². The lowest BCUT2D eigenvalue weighted by molar-refractivity contribution is -0.346. The van der Waals surface area contributed by atoms with Gasteiger partial charge in [0.25, 0.3) is 0 Å². The number of hydrogen-bond acceptors (Lipinski definition) is 15. The first-order valence-corrected chi connectivity index (χ1v) is 20.5. The molecule has 2 bridgehead atoms. The van der Waals surface area contributed by atoms with Crippen LogP contribution < -0.4 is 5.32 Å². The Morgan fingerprint density at radius 3 is 1.98 bits per heavy atom. The van der Waals surface area contributed by atoms with Crippen molar-refractivity contribution in [2.24, 2.45) is 16.7 Å². The molecule has 3 fully saturated rings. The highest BCUT2D eigenvalue weighted by Crippen LogP contribution is 2.64. The quantitative estimate of drug-likeness (QED) is 0.144. The summed E-state index contributed by atoms with van der Waals surface area (Å²) in [6.07, 6.45) is -11.5. The Labute approximate surface area is 360 Å². The Morgan fingerprint density at radius 1 is 0.903 bits per heavy atom. The molecule has 1 saturated heterocycles. The second kappa shape index (κ2) is 17.6. The van der Waals surface area contributed by atoms with Crippen LogP contribution in [0.4, 0.5) is 4.79 Å². The molecular weight excluding hydrogens is 806 g/mol. The number of fused-ring (bicyclic) bond motifs is 5. The first kappa shape index (κ1) is 48.0. The number of ketones is 2. The Morgan fingerprint density at radius 2 is 1.47 bits per heavy atom. The number of nitrogens with one attached hydrogen (secondary N) is 1. The number of esters is 3. The van der Waals surface area contributed by atoms with Crippen LogP contribution in [0.1, 0.15) is 104 Å². The fourth-order valence-electron chi connectivity index (χ4n) is 9.56. The third kappa shape index (κ3) is 8.80. The van der Waals surface area contributed by atoms with Crippen LogP contribution in [0.25, 0.3) is 0 Å². The molecule has 2 aromatic carbocycles. The molecule has 1 aliphatic heterocycles. The molecule has 2 aromatic rings. The van der Waals surface area contributed by atoms with Gasteiger partial charge in [0, 0.05) is 25.2 Å². The first-order valence-electron chi connectivity index (χ1n) is 20.5. The highest BCUT2D eigenvalue weighted by atomic mass is 16.6. The molecule has 3 aliphatic carbocycles. The van der Waals surface area contributed by atoms with Crippen LogP contribution in [0.5, 0.6) is 0 Å². The van der Waals surface area contributed by atoms with Gasteiger partial charge < -0.3 is 54.2 Å². The maximum atomic E-state index is 14.9. The second-order valence-corrected chi connectivity index (χ2v) is 18.5. The zero-order valence-corrected chi connectivity index (χ0v) is 36.8. The van der Waals surface area contributed by atoms with E-state index in [2.05, 4.69) is 5.32 Å². The predicted octanol–water partition coefficient (Wildman–Crippen LogP) is 3.85. The number of aliphatic hydroxyl groups excluding tert-OH is 3. The molecule has 16 nitrogen and oxygen atoms in total. The lowest BCUT2D eigenvalue weighted by Gasteiger charge is -2.67. The monoisotopic (exact) mass is 865 g/mol. The van der Waals surface area contributed by atoms with E-state index in [4.69, 9.17) is 23.7 Å². The number of aliphatic hydroxyl groups is 4. The Kier molecular flexibility index (Phi) is 13.7. The SMILES string of the molecule is CC(=O)O[C@@]12CO[C@@H]1C[C@H](O)[C@@]1(C)C(=O)[C@H](O)C3=C(C)[C@@H](OC(=O)C(O)[C@@H](NC(=O)OC(C)(C)C)c4ccccc4)C[C@@](O)([C@@H](OC(=O)c4ccccc4)[C@H]21)C3(C)C.CC(C)=O. The van der Waals surface area contributed by atoms with Crippen LogP contribution in [0.2, 0.25) is 0 Å². The van der Waals surface area contributed by atoms with Gasteiger partial charge in [-0.05, 0) is 77.3 Å². The van der Waals surface area contributed by atoms with Crippen molar-refractivity contribution >= 4 is 35.6 Å². The number of amides is 1. The van der Waals surface area contributed by atoms with E-state index in [1.165, 1.54) is 39.8 Å². The van der Waals surface area contributed by atoms with E-state index in [1.807, 2.05) is 0 Å². The van der Waals surface area contributed by atoms with Gasteiger partial charge in [0.05, 0.1) is 35.6 Å². The van der Waals surface area contributed by atoms with Crippen molar-refractivity contribution in [2.75, 3.05) is 6.61 Å². The molecule has 1 amide bonds. The smallest absolute Gasteiger partial charge is 0.408 e. The molecule has 1 heterocycles. The second-order valence-electron chi connectivity index (χ2n) is 18.5. The summed E-state index contributed by atoms with van der Waals surface area (Å²) in [6, 6.07) is 14.6. The van der Waals surface area contributed by atoms with Gasteiger partial charge in [0.1, 0.15) is 41.4 Å². The normalized spacial score (nSPS) is 31.9. The number of hydrogen-bond donors (Lipinski definition) is 5. The van der Waals surface area contributed by atoms with E-state index < -0.39 is 112 Å². The average molecular weight is 866 g/mol. The highest BCUT2D eigenvalue weighted by molar-refractivity contribution is 5.94. The van der Waals surface area contributed by atoms with Crippen LogP contribution in [0, 0.1) is 16.7 Å². The number of rotatable bonds is 8. The van der Waals surface area contributed by atoms with Crippen molar-refractivity contribution in [2.45, 2.75) is 142 Å². The van der Waals surface area contributed by atoms with Gasteiger partial charge in [0.2, 0.25) is 0 Å². The van der Waals surface area contributed by atoms with E-state index in [0.717, 1.165) is 6.92 Å². The average Bonchev–Trinajstić information content (AvgIpc) is 3.17. The molecule has 2 saturated carbocycles. The van der Waals surface area contributed by atoms with Crippen LogP contribution in [0.15, 0.2) is 71.8 Å². The Bertz CT molecular complexity index is 2080. The summed E-state index contributed by atoms with van der Waals surface area (Å²) in [6.45, 7) is 14.8. The molecule has 338 valence electrons. The zero-order chi connectivity index (χ0) is 46.3. The molecule has 5 N–H and O–H groups in total. The third-order valence-corrected chi connectivity index (χ3v) is 12.6. The van der Waals surface area contributed by atoms with Gasteiger partial charge in [-0.1, -0.05) is 62.4 Å². The van der Waals surface area contributed by atoms with Gasteiger partial charge in [-0.15, -0.1) is 0 Å². The molecule has 4 aliphatic rings. The number of carbonyl (C=O) groups is 6. The van der Waals surface area contributed by atoms with Crippen molar-refractivity contribution in [3.63, 3.8) is 0 Å². The third-order valence-electron chi connectivity index (χ3n) is 12.6. The minimum Gasteiger partial charge on any atom is -0.456 e. The van der Waals surface area contributed by atoms with Gasteiger partial charge >= 0.3 is 24.0 Å². The summed E-state index contributed by atoms with van der Waals surface area (Å²) in [5.41, 5.74) is -8.14. The van der Waals surface area contributed by atoms with Gasteiger partial charge in [0.15, 0.2) is 17.5 Å². The van der Waals surface area contributed by atoms with Crippen LogP contribution >= 0.6 is 0 Å². The minimum atomic E-state index is -2.35. The standard InChI is InChI=1S/C43H53NO14.C3H6O/c1-22-26(55-37(51)32(48)30(24-15-11-9-12-16-24)44-38(52)58-39(3,4)5)20-43(53)35(56-36(50)25-17-13-10-14-18-25)33-41(8,34(49)31(47)29(22)40(43,6)7)27(46)19-28-42(33,21-54-28)57-23(2)45;1-3(2)4/h9-18,26-28,30-33,35,46-48,53H,19-21H2,1-8H3,(H,44,52);1-2H3/t26-,27-,28+,30-,31+,32?,33-,35-,41+,42-,43+;/m0./s1. The summed E-state index contributed by atoms with van der Waals surface area (Å²) in [4.78, 5) is 78.4. The predicted molar refractivity (Wildman–Crippen MR) is 220 cm³/mol. The number of carbonyl (C=O) groups excluding carboxylic acids is 6.